The number of ether oxygens (including phenoxy) is 1. The van der Waals surface area contributed by atoms with Crippen molar-refractivity contribution in [2.45, 2.75) is 6.92 Å². The van der Waals surface area contributed by atoms with Crippen LogP contribution in [0, 0.1) is 24.1 Å². The Hall–Kier alpha value is -2.34. The van der Waals surface area contributed by atoms with Crippen molar-refractivity contribution in [2.75, 3.05) is 0 Å². The largest absolute Gasteiger partial charge is 0.456 e. The molecule has 0 saturated heterocycles. The lowest BCUT2D eigenvalue weighted by Gasteiger charge is -2.09. The highest BCUT2D eigenvalue weighted by atomic mass is 19.1. The minimum absolute atomic E-state index is 0.366. The van der Waals surface area contributed by atoms with Gasteiger partial charge in [-0.3, -0.25) is 0 Å². The molecular weight excluding hydrogens is 217 g/mol. The summed E-state index contributed by atoms with van der Waals surface area (Å²) in [5, 5.41) is 8.97. The lowest BCUT2D eigenvalue weighted by atomic mass is 10.1. The zero-order chi connectivity index (χ0) is 12.3. The molecular formula is C14H10FNO. The number of benzene rings is 2. The summed E-state index contributed by atoms with van der Waals surface area (Å²) >= 11 is 0. The number of rotatable bonds is 2. The van der Waals surface area contributed by atoms with Crippen LogP contribution in [0.25, 0.3) is 0 Å². The Bertz CT molecular complexity index is 587. The predicted octanol–water partition coefficient (Wildman–Crippen LogP) is 3.80. The molecule has 0 spiro atoms. The fourth-order valence-corrected chi connectivity index (χ4v) is 1.52. The van der Waals surface area contributed by atoms with Crippen molar-refractivity contribution in [3.63, 3.8) is 0 Å². The summed E-state index contributed by atoms with van der Waals surface area (Å²) in [6.07, 6.45) is 0. The van der Waals surface area contributed by atoms with Gasteiger partial charge in [-0.2, -0.15) is 5.26 Å². The minimum atomic E-state index is -0.366. The number of hydrogen-bond acceptors (Lipinski definition) is 2. The Kier molecular flexibility index (Phi) is 3.06. The van der Waals surface area contributed by atoms with Crippen molar-refractivity contribution in [3.8, 4) is 17.6 Å². The van der Waals surface area contributed by atoms with Crippen LogP contribution < -0.4 is 4.74 Å². The fraction of sp³-hybridized carbons (Fsp3) is 0.0714. The van der Waals surface area contributed by atoms with Gasteiger partial charge in [0.1, 0.15) is 23.4 Å². The smallest absolute Gasteiger partial charge is 0.148 e. The minimum Gasteiger partial charge on any atom is -0.456 e. The molecule has 84 valence electrons. The van der Waals surface area contributed by atoms with Crippen LogP contribution in [0.3, 0.4) is 0 Å². The van der Waals surface area contributed by atoms with Gasteiger partial charge in [-0.05, 0) is 30.7 Å². The number of nitrogens with zero attached hydrogens (tertiary/aromatic N) is 1. The first-order chi connectivity index (χ1) is 8.20. The van der Waals surface area contributed by atoms with E-state index in [4.69, 9.17) is 10.00 Å². The van der Waals surface area contributed by atoms with E-state index in [0.717, 1.165) is 5.56 Å². The number of halogens is 1. The van der Waals surface area contributed by atoms with E-state index in [2.05, 4.69) is 6.07 Å². The molecule has 0 radical (unpaired) electrons. The lowest BCUT2D eigenvalue weighted by molar-refractivity contribution is 0.471. The van der Waals surface area contributed by atoms with Crippen molar-refractivity contribution in [1.82, 2.24) is 0 Å². The monoisotopic (exact) mass is 227 g/mol. The highest BCUT2D eigenvalue weighted by Crippen LogP contribution is 2.28. The maximum Gasteiger partial charge on any atom is 0.148 e. The van der Waals surface area contributed by atoms with Gasteiger partial charge in [0.2, 0.25) is 0 Å². The van der Waals surface area contributed by atoms with E-state index in [0.29, 0.717) is 17.1 Å². The van der Waals surface area contributed by atoms with Crippen LogP contribution in [-0.2, 0) is 0 Å². The second kappa shape index (κ2) is 4.67. The highest BCUT2D eigenvalue weighted by Gasteiger charge is 2.07. The first-order valence-electron chi connectivity index (χ1n) is 5.14. The van der Waals surface area contributed by atoms with Gasteiger partial charge >= 0.3 is 0 Å². The van der Waals surface area contributed by atoms with Gasteiger partial charge in [-0.25, -0.2) is 4.39 Å². The van der Waals surface area contributed by atoms with E-state index in [1.54, 1.807) is 24.3 Å². The van der Waals surface area contributed by atoms with Gasteiger partial charge in [0.25, 0.3) is 0 Å². The number of hydrogen-bond donors (Lipinski definition) is 0. The Balaban J connectivity index is 2.40. The first-order valence-corrected chi connectivity index (χ1v) is 5.14. The molecule has 2 rings (SSSR count). The Morgan fingerprint density at radius 3 is 2.65 bits per heavy atom. The third kappa shape index (κ3) is 2.43. The van der Waals surface area contributed by atoms with E-state index >= 15 is 0 Å². The van der Waals surface area contributed by atoms with E-state index < -0.39 is 0 Å². The van der Waals surface area contributed by atoms with E-state index in [9.17, 15) is 4.39 Å². The quantitative estimate of drug-likeness (QED) is 0.781. The predicted molar refractivity (Wildman–Crippen MR) is 62.4 cm³/mol. The third-order valence-electron chi connectivity index (χ3n) is 2.35. The summed E-state index contributed by atoms with van der Waals surface area (Å²) < 4.78 is 18.6. The van der Waals surface area contributed by atoms with Crippen LogP contribution in [0.1, 0.15) is 11.1 Å². The normalized spacial score (nSPS) is 9.71. The number of para-hydroxylation sites is 1. The van der Waals surface area contributed by atoms with Crippen LogP contribution in [0.4, 0.5) is 4.39 Å². The van der Waals surface area contributed by atoms with Gasteiger partial charge < -0.3 is 4.74 Å². The molecule has 0 aliphatic rings. The van der Waals surface area contributed by atoms with Gasteiger partial charge in [0.05, 0.1) is 5.56 Å². The molecule has 0 fully saturated rings. The number of nitriles is 1. The summed E-state index contributed by atoms with van der Waals surface area (Å²) in [4.78, 5) is 0. The molecule has 0 aromatic heterocycles. The van der Waals surface area contributed by atoms with Gasteiger partial charge in [0.15, 0.2) is 0 Å². The SMILES string of the molecule is Cc1cccc(C#N)c1Oc1cccc(F)c1. The molecule has 3 heteroatoms. The molecule has 0 bridgehead atoms. The van der Waals surface area contributed by atoms with Crippen molar-refractivity contribution >= 4 is 0 Å². The maximum atomic E-state index is 13.0. The highest BCUT2D eigenvalue weighted by molar-refractivity contribution is 5.49. The average molecular weight is 227 g/mol. The van der Waals surface area contributed by atoms with Crippen molar-refractivity contribution in [1.29, 1.82) is 5.26 Å². The summed E-state index contributed by atoms with van der Waals surface area (Å²) in [7, 11) is 0. The van der Waals surface area contributed by atoms with Gasteiger partial charge in [0, 0.05) is 6.07 Å². The molecule has 0 aliphatic heterocycles. The first kappa shape index (κ1) is 11.2. The molecule has 0 saturated carbocycles. The Morgan fingerprint density at radius 1 is 1.18 bits per heavy atom. The van der Waals surface area contributed by atoms with Crippen LogP contribution >= 0.6 is 0 Å². The van der Waals surface area contributed by atoms with Crippen LogP contribution in [0.15, 0.2) is 42.5 Å². The average Bonchev–Trinajstić information content (AvgIpc) is 2.32. The van der Waals surface area contributed by atoms with Crippen molar-refractivity contribution in [2.24, 2.45) is 0 Å². The van der Waals surface area contributed by atoms with E-state index in [-0.39, 0.29) is 5.82 Å². The molecule has 2 nitrogen and oxygen atoms in total. The van der Waals surface area contributed by atoms with Crippen molar-refractivity contribution < 1.29 is 9.13 Å². The molecule has 0 aliphatic carbocycles. The van der Waals surface area contributed by atoms with Crippen molar-refractivity contribution in [3.05, 3.63) is 59.4 Å². The number of aryl methyl sites for hydroxylation is 1. The zero-order valence-corrected chi connectivity index (χ0v) is 9.27. The summed E-state index contributed by atoms with van der Waals surface area (Å²) in [6, 6.07) is 13.2. The fourth-order valence-electron chi connectivity index (χ4n) is 1.52. The molecule has 0 amide bonds. The zero-order valence-electron chi connectivity index (χ0n) is 9.27. The molecule has 0 heterocycles. The van der Waals surface area contributed by atoms with Gasteiger partial charge in [-0.15, -0.1) is 0 Å². The molecule has 0 unspecified atom stereocenters. The molecule has 17 heavy (non-hydrogen) atoms. The molecule has 2 aromatic rings. The topological polar surface area (TPSA) is 33.0 Å². The van der Waals surface area contributed by atoms with Crippen LogP contribution in [0.5, 0.6) is 11.5 Å². The summed E-state index contributed by atoms with van der Waals surface area (Å²) in [5.74, 6) is 0.492. The Morgan fingerprint density at radius 2 is 1.94 bits per heavy atom. The van der Waals surface area contributed by atoms with E-state index in [1.165, 1.54) is 12.1 Å². The molecule has 0 N–H and O–H groups in total. The summed E-state index contributed by atoms with van der Waals surface area (Å²) in [6.45, 7) is 1.84. The van der Waals surface area contributed by atoms with Crippen LogP contribution in [0.2, 0.25) is 0 Å². The van der Waals surface area contributed by atoms with Crippen LogP contribution in [-0.4, -0.2) is 0 Å². The standard InChI is InChI=1S/C14H10FNO/c1-10-4-2-5-11(9-16)14(10)17-13-7-3-6-12(15)8-13/h2-8H,1H3. The Labute approximate surface area is 98.9 Å². The molecule has 0 atom stereocenters. The second-order valence-corrected chi connectivity index (χ2v) is 3.62. The third-order valence-corrected chi connectivity index (χ3v) is 2.35. The lowest BCUT2D eigenvalue weighted by Crippen LogP contribution is -1.91. The molecule has 2 aromatic carbocycles. The second-order valence-electron chi connectivity index (χ2n) is 3.62. The maximum absolute atomic E-state index is 13.0. The summed E-state index contributed by atoms with van der Waals surface area (Å²) in [5.41, 5.74) is 1.28. The van der Waals surface area contributed by atoms with E-state index in [1.807, 2.05) is 13.0 Å². The van der Waals surface area contributed by atoms with Gasteiger partial charge in [-0.1, -0.05) is 18.2 Å².